The van der Waals surface area contributed by atoms with Crippen molar-refractivity contribution < 1.29 is 22.7 Å². The Morgan fingerprint density at radius 1 is 0.968 bits per heavy atom. The van der Waals surface area contributed by atoms with Crippen LogP contribution < -0.4 is 14.2 Å². The normalized spacial score (nSPS) is 12.4. The molecule has 1 aliphatic heterocycles. The van der Waals surface area contributed by atoms with Crippen LogP contribution in [-0.4, -0.2) is 32.6 Å². The van der Waals surface area contributed by atoms with Gasteiger partial charge < -0.3 is 14.4 Å². The molecule has 0 saturated carbocycles. The van der Waals surface area contributed by atoms with Gasteiger partial charge in [-0.1, -0.05) is 30.3 Å². The zero-order chi connectivity index (χ0) is 21.8. The molecule has 1 aliphatic rings. The van der Waals surface area contributed by atoms with Gasteiger partial charge in [0.05, 0.1) is 4.90 Å². The van der Waals surface area contributed by atoms with Crippen molar-refractivity contribution in [3.05, 3.63) is 83.9 Å². The Labute approximate surface area is 181 Å². The third kappa shape index (κ3) is 4.64. The molecule has 4 rings (SSSR count). The van der Waals surface area contributed by atoms with Crippen molar-refractivity contribution in [1.82, 2.24) is 4.90 Å². The lowest BCUT2D eigenvalue weighted by molar-refractivity contribution is 0.0752. The van der Waals surface area contributed by atoms with Crippen LogP contribution in [0.4, 0.5) is 5.69 Å². The first kappa shape index (κ1) is 20.7. The Morgan fingerprint density at radius 3 is 2.52 bits per heavy atom. The van der Waals surface area contributed by atoms with Crippen LogP contribution in [0.1, 0.15) is 22.8 Å². The largest absolute Gasteiger partial charge is 0.454 e. The van der Waals surface area contributed by atoms with Crippen LogP contribution in [0.25, 0.3) is 0 Å². The number of anilines is 1. The van der Waals surface area contributed by atoms with Crippen LogP contribution >= 0.6 is 0 Å². The van der Waals surface area contributed by atoms with E-state index in [-0.39, 0.29) is 17.6 Å². The van der Waals surface area contributed by atoms with Crippen molar-refractivity contribution in [3.8, 4) is 11.5 Å². The minimum absolute atomic E-state index is 0.157. The van der Waals surface area contributed by atoms with Crippen LogP contribution in [-0.2, 0) is 16.6 Å². The fraction of sp³-hybridized carbons (Fsp3) is 0.174. The summed E-state index contributed by atoms with van der Waals surface area (Å²) in [6.07, 6.45) is 0. The van der Waals surface area contributed by atoms with Crippen LogP contribution in [0.2, 0.25) is 0 Å². The monoisotopic (exact) mass is 438 g/mol. The van der Waals surface area contributed by atoms with Gasteiger partial charge in [-0.2, -0.15) is 0 Å². The van der Waals surface area contributed by atoms with E-state index >= 15 is 0 Å². The number of nitrogens with one attached hydrogen (secondary N) is 1. The van der Waals surface area contributed by atoms with E-state index in [0.717, 1.165) is 5.56 Å². The summed E-state index contributed by atoms with van der Waals surface area (Å²) in [7, 11) is -3.74. The lowest BCUT2D eigenvalue weighted by Crippen LogP contribution is -2.30. The maximum Gasteiger partial charge on any atom is 0.261 e. The third-order valence-electron chi connectivity index (χ3n) is 4.89. The molecule has 0 atom stereocenters. The highest BCUT2D eigenvalue weighted by molar-refractivity contribution is 7.92. The number of amides is 1. The van der Waals surface area contributed by atoms with E-state index in [1.54, 1.807) is 47.4 Å². The molecule has 0 spiro atoms. The van der Waals surface area contributed by atoms with Gasteiger partial charge in [-0.05, 0) is 55.0 Å². The highest BCUT2D eigenvalue weighted by Crippen LogP contribution is 2.33. The van der Waals surface area contributed by atoms with E-state index < -0.39 is 10.0 Å². The van der Waals surface area contributed by atoms with Crippen molar-refractivity contribution in [2.75, 3.05) is 18.1 Å². The second-order valence-corrected chi connectivity index (χ2v) is 8.69. The highest BCUT2D eigenvalue weighted by atomic mass is 32.2. The lowest BCUT2D eigenvalue weighted by atomic mass is 10.1. The third-order valence-corrected chi connectivity index (χ3v) is 6.29. The smallest absolute Gasteiger partial charge is 0.261 e. The summed E-state index contributed by atoms with van der Waals surface area (Å²) in [4.78, 5) is 14.9. The molecule has 3 aromatic rings. The second kappa shape index (κ2) is 8.69. The molecule has 0 bridgehead atoms. The number of rotatable bonds is 7. The maximum absolute atomic E-state index is 13.1. The number of carbonyl (C=O) groups is 1. The summed E-state index contributed by atoms with van der Waals surface area (Å²) in [6, 6.07) is 20.2. The Morgan fingerprint density at radius 2 is 1.74 bits per heavy atom. The second-order valence-electron chi connectivity index (χ2n) is 7.01. The molecule has 0 saturated heterocycles. The molecule has 0 radical (unpaired) electrons. The van der Waals surface area contributed by atoms with Gasteiger partial charge in [0.2, 0.25) is 6.79 Å². The maximum atomic E-state index is 13.1. The molecule has 3 aromatic carbocycles. The first-order valence-electron chi connectivity index (χ1n) is 9.82. The number of fused-ring (bicyclic) bond motifs is 1. The Hall–Kier alpha value is -3.52. The summed E-state index contributed by atoms with van der Waals surface area (Å²) in [5.41, 5.74) is 1.64. The average molecular weight is 439 g/mol. The van der Waals surface area contributed by atoms with Crippen LogP contribution in [0.15, 0.2) is 77.7 Å². The molecule has 7 nitrogen and oxygen atoms in total. The Kier molecular flexibility index (Phi) is 5.81. The zero-order valence-corrected chi connectivity index (χ0v) is 17.8. The predicted octanol–water partition coefficient (Wildman–Crippen LogP) is 3.88. The average Bonchev–Trinajstić information content (AvgIpc) is 3.25. The number of ether oxygens (including phenoxy) is 2. The number of hydrogen-bond donors (Lipinski definition) is 1. The van der Waals surface area contributed by atoms with Crippen molar-refractivity contribution in [1.29, 1.82) is 0 Å². The molecule has 0 unspecified atom stereocenters. The van der Waals surface area contributed by atoms with E-state index in [2.05, 4.69) is 4.72 Å². The van der Waals surface area contributed by atoms with E-state index in [1.165, 1.54) is 12.1 Å². The molecule has 1 heterocycles. The number of carbonyl (C=O) groups excluding carboxylic acids is 1. The molecule has 8 heteroatoms. The van der Waals surface area contributed by atoms with Gasteiger partial charge in [0.25, 0.3) is 15.9 Å². The Bertz CT molecular complexity index is 1200. The summed E-state index contributed by atoms with van der Waals surface area (Å²) < 4.78 is 38.4. The van der Waals surface area contributed by atoms with Crippen molar-refractivity contribution >= 4 is 21.6 Å². The standard InChI is InChI=1S/C23H22N2O5S/c1-2-25(15-17-11-12-21-22(13-17)30-16-29-21)23(26)18-7-6-8-19(14-18)24-31(27,28)20-9-4-3-5-10-20/h3-14,24H,2,15-16H2,1H3. The van der Waals surface area contributed by atoms with E-state index in [9.17, 15) is 13.2 Å². The molecule has 1 amide bonds. The topological polar surface area (TPSA) is 84.9 Å². The van der Waals surface area contributed by atoms with E-state index in [0.29, 0.717) is 35.8 Å². The van der Waals surface area contributed by atoms with E-state index in [1.807, 2.05) is 25.1 Å². The van der Waals surface area contributed by atoms with Crippen molar-refractivity contribution in [3.63, 3.8) is 0 Å². The zero-order valence-electron chi connectivity index (χ0n) is 16.9. The van der Waals surface area contributed by atoms with Crippen LogP contribution in [0.5, 0.6) is 11.5 Å². The van der Waals surface area contributed by atoms with Gasteiger partial charge in [0.1, 0.15) is 0 Å². The van der Waals surface area contributed by atoms with Gasteiger partial charge >= 0.3 is 0 Å². The number of benzene rings is 3. The SMILES string of the molecule is CCN(Cc1ccc2c(c1)OCO2)C(=O)c1cccc(NS(=O)(=O)c2ccccc2)c1. The van der Waals surface area contributed by atoms with Gasteiger partial charge in [-0.25, -0.2) is 8.42 Å². The fourth-order valence-electron chi connectivity index (χ4n) is 3.30. The van der Waals surface area contributed by atoms with Gasteiger partial charge in [0, 0.05) is 24.3 Å². The van der Waals surface area contributed by atoms with Gasteiger partial charge in [-0.3, -0.25) is 9.52 Å². The number of hydrogen-bond acceptors (Lipinski definition) is 5. The molecule has 31 heavy (non-hydrogen) atoms. The van der Waals surface area contributed by atoms with Crippen LogP contribution in [0.3, 0.4) is 0 Å². The molecule has 160 valence electrons. The fourth-order valence-corrected chi connectivity index (χ4v) is 4.37. The molecule has 0 aromatic heterocycles. The van der Waals surface area contributed by atoms with Crippen LogP contribution in [0, 0.1) is 0 Å². The summed E-state index contributed by atoms with van der Waals surface area (Å²) in [6.45, 7) is 2.98. The Balaban J connectivity index is 1.51. The van der Waals surface area contributed by atoms with Gasteiger partial charge in [-0.15, -0.1) is 0 Å². The quantitative estimate of drug-likeness (QED) is 0.605. The number of sulfonamides is 1. The van der Waals surface area contributed by atoms with Crippen molar-refractivity contribution in [2.45, 2.75) is 18.4 Å². The molecule has 0 fully saturated rings. The molecular weight excluding hydrogens is 416 g/mol. The molecular formula is C23H22N2O5S. The van der Waals surface area contributed by atoms with Crippen molar-refractivity contribution in [2.24, 2.45) is 0 Å². The van der Waals surface area contributed by atoms with Gasteiger partial charge in [0.15, 0.2) is 11.5 Å². The number of nitrogens with zero attached hydrogens (tertiary/aromatic N) is 1. The first-order chi connectivity index (χ1) is 15.0. The molecule has 1 N–H and O–H groups in total. The predicted molar refractivity (Wildman–Crippen MR) is 117 cm³/mol. The minimum atomic E-state index is -3.74. The summed E-state index contributed by atoms with van der Waals surface area (Å²) in [5, 5.41) is 0. The highest BCUT2D eigenvalue weighted by Gasteiger charge is 2.19. The summed E-state index contributed by atoms with van der Waals surface area (Å²) in [5.74, 6) is 1.16. The minimum Gasteiger partial charge on any atom is -0.454 e. The molecule has 0 aliphatic carbocycles. The summed E-state index contributed by atoms with van der Waals surface area (Å²) >= 11 is 0. The lowest BCUT2D eigenvalue weighted by Gasteiger charge is -2.21. The van der Waals surface area contributed by atoms with E-state index in [4.69, 9.17) is 9.47 Å². The first-order valence-corrected chi connectivity index (χ1v) is 11.3.